The summed E-state index contributed by atoms with van der Waals surface area (Å²) >= 11 is 0. The molecule has 1 aromatic heterocycles. The van der Waals surface area contributed by atoms with Crippen LogP contribution in [0.15, 0.2) is 40.0 Å². The summed E-state index contributed by atoms with van der Waals surface area (Å²) in [5, 5.41) is 2.45. The van der Waals surface area contributed by atoms with E-state index < -0.39 is 32.6 Å². The van der Waals surface area contributed by atoms with Gasteiger partial charge >= 0.3 is 10.2 Å². The van der Waals surface area contributed by atoms with E-state index in [0.717, 1.165) is 18.2 Å². The Balaban J connectivity index is 2.20. The lowest BCUT2D eigenvalue weighted by Crippen LogP contribution is -2.29. The van der Waals surface area contributed by atoms with Gasteiger partial charge in [0.1, 0.15) is 16.4 Å². The number of carbonyl (C=O) groups is 1. The molecule has 26 heavy (non-hydrogen) atoms. The van der Waals surface area contributed by atoms with E-state index in [0.29, 0.717) is 12.2 Å². The van der Waals surface area contributed by atoms with Crippen LogP contribution < -0.4 is 10.9 Å². The summed E-state index contributed by atoms with van der Waals surface area (Å²) < 4.78 is 63.6. The van der Waals surface area contributed by atoms with Gasteiger partial charge in [-0.2, -0.15) is 0 Å². The summed E-state index contributed by atoms with van der Waals surface area (Å²) in [6, 6.07) is 2.47. The number of carbonyl (C=O) groups excluding carboxylic acids is 1. The highest BCUT2D eigenvalue weighted by Gasteiger charge is 2.65. The molecule has 0 fully saturated rings. The van der Waals surface area contributed by atoms with E-state index >= 15 is 0 Å². The van der Waals surface area contributed by atoms with E-state index in [2.05, 4.69) is 15.3 Å². The Morgan fingerprint density at radius 2 is 1.77 bits per heavy atom. The first-order valence-electron chi connectivity index (χ1n) is 7.45. The summed E-state index contributed by atoms with van der Waals surface area (Å²) in [5.74, 6) is -0.411. The lowest BCUT2D eigenvalue weighted by atomic mass is 10.1. The van der Waals surface area contributed by atoms with Crippen LogP contribution in [0.1, 0.15) is 41.8 Å². The molecule has 1 amide bonds. The van der Waals surface area contributed by atoms with Crippen LogP contribution in [0.4, 0.5) is 19.4 Å². The minimum Gasteiger partial charge on any atom is -0.344 e. The molecule has 0 bridgehead atoms. The van der Waals surface area contributed by atoms with Crippen LogP contribution in [0, 0.1) is 0 Å². The monoisotopic (exact) mass is 397 g/mol. The highest BCUT2D eigenvalue weighted by atomic mass is 32.5. The van der Waals surface area contributed by atoms with E-state index in [4.69, 9.17) is 0 Å². The third-order valence-corrected chi connectivity index (χ3v) is 4.69. The Bertz CT molecular complexity index is 895. The second-order valence-corrected chi connectivity index (χ2v) is 8.07. The van der Waals surface area contributed by atoms with Gasteiger partial charge in [-0.25, -0.2) is 4.98 Å². The fourth-order valence-electron chi connectivity index (χ4n) is 2.16. The molecule has 0 radical (unpaired) electrons. The maximum absolute atomic E-state index is 12.7. The summed E-state index contributed by atoms with van der Waals surface area (Å²) in [6.07, 6.45) is 0.391. The highest BCUT2D eigenvalue weighted by molar-refractivity contribution is 8.45. The Morgan fingerprint density at radius 3 is 2.27 bits per heavy atom. The molecule has 0 aliphatic carbocycles. The van der Waals surface area contributed by atoms with E-state index in [1.165, 1.54) is 6.92 Å². The van der Waals surface area contributed by atoms with Crippen molar-refractivity contribution in [2.45, 2.75) is 31.2 Å². The van der Waals surface area contributed by atoms with Crippen LogP contribution in [0.2, 0.25) is 0 Å². The molecule has 1 heterocycles. The van der Waals surface area contributed by atoms with Crippen molar-refractivity contribution in [1.82, 2.24) is 15.3 Å². The molecule has 0 unspecified atom stereocenters. The summed E-state index contributed by atoms with van der Waals surface area (Å²) in [7, 11) is -9.74. The molecule has 1 aromatic carbocycles. The zero-order chi connectivity index (χ0) is 19.8. The van der Waals surface area contributed by atoms with Crippen molar-refractivity contribution in [2.75, 3.05) is 0 Å². The fraction of sp³-hybridized carbons (Fsp3) is 0.267. The molecule has 11 heteroatoms. The number of hydrogen-bond donors (Lipinski definition) is 2. The Hall–Kier alpha value is -2.43. The number of nitrogens with zero attached hydrogens (tertiary/aromatic N) is 1. The van der Waals surface area contributed by atoms with Crippen LogP contribution in [0.3, 0.4) is 0 Å². The first-order valence-corrected chi connectivity index (χ1v) is 9.40. The van der Waals surface area contributed by atoms with E-state index in [9.17, 15) is 29.0 Å². The summed E-state index contributed by atoms with van der Waals surface area (Å²) in [4.78, 5) is 28.0. The number of hydrogen-bond acceptors (Lipinski definition) is 3. The first-order chi connectivity index (χ1) is 11.7. The largest absolute Gasteiger partial charge is 0.344 e. The number of halogens is 5. The van der Waals surface area contributed by atoms with Gasteiger partial charge in [0, 0.05) is 12.5 Å². The van der Waals surface area contributed by atoms with Gasteiger partial charge in [-0.3, -0.25) is 9.59 Å². The molecular weight excluding hydrogens is 381 g/mol. The van der Waals surface area contributed by atoms with Crippen LogP contribution in [0.5, 0.6) is 0 Å². The number of amides is 1. The molecule has 0 aliphatic rings. The highest BCUT2D eigenvalue weighted by Crippen LogP contribution is 3.02. The van der Waals surface area contributed by atoms with Crippen molar-refractivity contribution in [3.8, 4) is 0 Å². The number of aryl methyl sites for hydroxylation is 1. The Kier molecular flexibility index (Phi) is 4.43. The predicted octanol–water partition coefficient (Wildman–Crippen LogP) is 4.48. The molecule has 1 atom stereocenters. The molecular formula is C15H16F5N3O2S. The lowest BCUT2D eigenvalue weighted by molar-refractivity contribution is 0.0934. The summed E-state index contributed by atoms with van der Waals surface area (Å²) in [6.45, 7) is 3.18. The summed E-state index contributed by atoms with van der Waals surface area (Å²) in [5.41, 5.74) is -0.486. The van der Waals surface area contributed by atoms with Crippen LogP contribution >= 0.6 is 10.2 Å². The van der Waals surface area contributed by atoms with Crippen molar-refractivity contribution in [2.24, 2.45) is 0 Å². The number of H-pyrrole nitrogens is 1. The molecule has 2 N–H and O–H groups in total. The molecule has 0 saturated carbocycles. The quantitative estimate of drug-likeness (QED) is 0.731. The van der Waals surface area contributed by atoms with E-state index in [1.54, 1.807) is 6.92 Å². The number of benzene rings is 1. The smallest absolute Gasteiger partial charge is 0.310 e. The van der Waals surface area contributed by atoms with Crippen LogP contribution in [0.25, 0.3) is 0 Å². The zero-order valence-corrected chi connectivity index (χ0v) is 14.5. The maximum Gasteiger partial charge on any atom is 0.310 e. The molecule has 2 rings (SSSR count). The van der Waals surface area contributed by atoms with E-state index in [1.807, 2.05) is 0 Å². The predicted molar refractivity (Wildman–Crippen MR) is 88.0 cm³/mol. The standard InChI is InChI=1S/C15H16F5N3O2S/c1-3-13-22-12(8-14(24)23-13)15(25)21-9(2)10-4-6-11(7-5-10)26(16,17,18,19)20/h4-9H,3H2,1-2H3,(H,21,25)(H,22,23,24)/t9-/m1/s1. The van der Waals surface area contributed by atoms with Gasteiger partial charge in [-0.05, 0) is 24.6 Å². The molecule has 5 nitrogen and oxygen atoms in total. The average molecular weight is 397 g/mol. The number of nitrogens with one attached hydrogen (secondary N) is 2. The Morgan fingerprint density at radius 1 is 1.19 bits per heavy atom. The Labute approximate surface area is 145 Å². The van der Waals surface area contributed by atoms with Crippen molar-refractivity contribution in [3.63, 3.8) is 0 Å². The number of rotatable bonds is 5. The molecule has 0 aliphatic heterocycles. The van der Waals surface area contributed by atoms with Gasteiger partial charge in [0.05, 0.1) is 6.04 Å². The van der Waals surface area contributed by atoms with Gasteiger partial charge in [0.2, 0.25) is 0 Å². The van der Waals surface area contributed by atoms with Crippen molar-refractivity contribution < 1.29 is 24.2 Å². The number of aromatic amines is 1. The third kappa shape index (κ3) is 4.81. The number of aromatic nitrogens is 2. The van der Waals surface area contributed by atoms with Gasteiger partial charge < -0.3 is 10.3 Å². The van der Waals surface area contributed by atoms with Crippen LogP contribution in [-0.4, -0.2) is 15.9 Å². The molecule has 144 valence electrons. The van der Waals surface area contributed by atoms with Crippen molar-refractivity contribution >= 4 is 16.1 Å². The van der Waals surface area contributed by atoms with Gasteiger partial charge in [-0.15, -0.1) is 0 Å². The van der Waals surface area contributed by atoms with Gasteiger partial charge in [0.25, 0.3) is 11.5 Å². The third-order valence-electron chi connectivity index (χ3n) is 3.53. The average Bonchev–Trinajstić information content (AvgIpc) is 2.52. The maximum atomic E-state index is 12.7. The second-order valence-electron chi connectivity index (χ2n) is 5.66. The SMILES string of the molecule is CCc1nc(C(=O)N[C@H](C)c2ccc(S(F)(F)(F)(F)F)cc2)cc(=O)[nH]1. The van der Waals surface area contributed by atoms with E-state index in [-0.39, 0.29) is 23.4 Å². The minimum absolute atomic E-state index is 0.152. The van der Waals surface area contributed by atoms with Gasteiger partial charge in [0.15, 0.2) is 0 Å². The van der Waals surface area contributed by atoms with Gasteiger partial charge in [-0.1, -0.05) is 38.5 Å². The zero-order valence-electron chi connectivity index (χ0n) is 13.7. The first kappa shape index (κ1) is 19.9. The molecule has 2 aromatic rings. The second kappa shape index (κ2) is 5.79. The fourth-order valence-corrected chi connectivity index (χ4v) is 2.81. The topological polar surface area (TPSA) is 74.8 Å². The minimum atomic E-state index is -9.74. The van der Waals surface area contributed by atoms with Crippen molar-refractivity contribution in [3.05, 3.63) is 57.8 Å². The molecule has 0 saturated heterocycles. The lowest BCUT2D eigenvalue weighted by Gasteiger charge is -2.40. The normalized spacial score (nSPS) is 15.7. The van der Waals surface area contributed by atoms with Crippen molar-refractivity contribution in [1.29, 1.82) is 0 Å². The van der Waals surface area contributed by atoms with Crippen LogP contribution in [-0.2, 0) is 6.42 Å². The molecule has 0 spiro atoms.